The van der Waals surface area contributed by atoms with Gasteiger partial charge < -0.3 is 10.1 Å². The first-order valence-corrected chi connectivity index (χ1v) is 7.09. The fourth-order valence-corrected chi connectivity index (χ4v) is 2.67. The first-order valence-electron chi connectivity index (χ1n) is 7.09. The summed E-state index contributed by atoms with van der Waals surface area (Å²) in [5.74, 6) is -2.51. The second kappa shape index (κ2) is 6.49. The smallest absolute Gasteiger partial charge is 0.331 e. The SMILES string of the molecule is CCOC(=O)C(C)(c1cccc(F)c1F)N1CCNCC1. The van der Waals surface area contributed by atoms with Crippen LogP contribution in [0.15, 0.2) is 18.2 Å². The largest absolute Gasteiger partial charge is 0.464 e. The summed E-state index contributed by atoms with van der Waals surface area (Å²) in [6.45, 7) is 5.97. The summed E-state index contributed by atoms with van der Waals surface area (Å²) in [7, 11) is 0. The van der Waals surface area contributed by atoms with Gasteiger partial charge >= 0.3 is 5.97 Å². The van der Waals surface area contributed by atoms with Crippen molar-refractivity contribution in [1.82, 2.24) is 10.2 Å². The van der Waals surface area contributed by atoms with Crippen LogP contribution in [0.1, 0.15) is 19.4 Å². The van der Waals surface area contributed by atoms with E-state index in [2.05, 4.69) is 5.32 Å². The molecule has 2 rings (SSSR count). The van der Waals surface area contributed by atoms with Gasteiger partial charge in [0.2, 0.25) is 0 Å². The highest BCUT2D eigenvalue weighted by atomic mass is 19.2. The standard InChI is InChI=1S/C15H20F2N2O2/c1-3-21-14(20)15(2,19-9-7-18-8-10-19)11-5-4-6-12(16)13(11)17/h4-6,18H,3,7-10H2,1-2H3. The van der Waals surface area contributed by atoms with E-state index in [1.807, 2.05) is 4.90 Å². The first kappa shape index (κ1) is 15.9. The molecule has 0 aromatic heterocycles. The molecule has 0 saturated carbocycles. The van der Waals surface area contributed by atoms with Crippen molar-refractivity contribution in [3.8, 4) is 0 Å². The number of esters is 1. The topological polar surface area (TPSA) is 41.6 Å². The van der Waals surface area contributed by atoms with Gasteiger partial charge in [0, 0.05) is 31.7 Å². The lowest BCUT2D eigenvalue weighted by molar-refractivity contribution is -0.158. The molecule has 0 amide bonds. The van der Waals surface area contributed by atoms with Crippen LogP contribution in [-0.2, 0) is 15.1 Å². The summed E-state index contributed by atoms with van der Waals surface area (Å²) >= 11 is 0. The van der Waals surface area contributed by atoms with Crippen LogP contribution in [0.4, 0.5) is 8.78 Å². The van der Waals surface area contributed by atoms with Crippen LogP contribution in [0, 0.1) is 11.6 Å². The van der Waals surface area contributed by atoms with Gasteiger partial charge in [0.1, 0.15) is 5.54 Å². The van der Waals surface area contributed by atoms with Crippen molar-refractivity contribution in [1.29, 1.82) is 0 Å². The van der Waals surface area contributed by atoms with E-state index in [0.29, 0.717) is 26.2 Å². The number of benzene rings is 1. The molecule has 116 valence electrons. The molecule has 0 spiro atoms. The van der Waals surface area contributed by atoms with E-state index in [-0.39, 0.29) is 12.2 Å². The predicted molar refractivity (Wildman–Crippen MR) is 74.8 cm³/mol. The van der Waals surface area contributed by atoms with Crippen LogP contribution in [0.3, 0.4) is 0 Å². The lowest BCUT2D eigenvalue weighted by Crippen LogP contribution is -2.57. The Labute approximate surface area is 123 Å². The minimum atomic E-state index is -1.33. The molecule has 4 nitrogen and oxygen atoms in total. The summed E-state index contributed by atoms with van der Waals surface area (Å²) in [6, 6.07) is 3.90. The van der Waals surface area contributed by atoms with Gasteiger partial charge in [0.15, 0.2) is 11.6 Å². The van der Waals surface area contributed by atoms with E-state index in [0.717, 1.165) is 6.07 Å². The summed E-state index contributed by atoms with van der Waals surface area (Å²) in [6.07, 6.45) is 0. The number of ether oxygens (including phenoxy) is 1. The van der Waals surface area contributed by atoms with Crippen LogP contribution in [0.5, 0.6) is 0 Å². The van der Waals surface area contributed by atoms with Crippen LogP contribution < -0.4 is 5.32 Å². The molecule has 1 aromatic carbocycles. The fraction of sp³-hybridized carbons (Fsp3) is 0.533. The monoisotopic (exact) mass is 298 g/mol. The van der Waals surface area contributed by atoms with E-state index >= 15 is 0 Å². The molecule has 0 radical (unpaired) electrons. The van der Waals surface area contributed by atoms with E-state index in [9.17, 15) is 13.6 Å². The fourth-order valence-electron chi connectivity index (χ4n) is 2.67. The van der Waals surface area contributed by atoms with Crippen molar-refractivity contribution in [2.45, 2.75) is 19.4 Å². The normalized spacial score (nSPS) is 19.0. The Morgan fingerprint density at radius 3 is 2.67 bits per heavy atom. The van der Waals surface area contributed by atoms with Crippen LogP contribution in [0.2, 0.25) is 0 Å². The maximum Gasteiger partial charge on any atom is 0.331 e. The van der Waals surface area contributed by atoms with Gasteiger partial charge in [-0.05, 0) is 19.9 Å². The quantitative estimate of drug-likeness (QED) is 0.858. The molecule has 0 bridgehead atoms. The third kappa shape index (κ3) is 2.91. The number of nitrogens with zero attached hydrogens (tertiary/aromatic N) is 1. The molecule has 1 unspecified atom stereocenters. The molecule has 1 heterocycles. The molecule has 1 atom stereocenters. The third-order valence-electron chi connectivity index (χ3n) is 3.90. The van der Waals surface area contributed by atoms with Gasteiger partial charge in [0.25, 0.3) is 0 Å². The highest BCUT2D eigenvalue weighted by Crippen LogP contribution is 2.33. The summed E-state index contributed by atoms with van der Waals surface area (Å²) in [5.41, 5.74) is -1.31. The van der Waals surface area contributed by atoms with E-state index in [1.54, 1.807) is 13.8 Å². The Bertz CT molecular complexity index is 518. The van der Waals surface area contributed by atoms with Gasteiger partial charge in [0.05, 0.1) is 6.61 Å². The molecular formula is C15H20F2N2O2. The third-order valence-corrected chi connectivity index (χ3v) is 3.90. The van der Waals surface area contributed by atoms with Crippen molar-refractivity contribution in [2.24, 2.45) is 0 Å². The Hall–Kier alpha value is -1.53. The number of carbonyl (C=O) groups is 1. The maximum absolute atomic E-state index is 14.2. The molecule has 1 fully saturated rings. The van der Waals surface area contributed by atoms with Gasteiger partial charge in [-0.15, -0.1) is 0 Å². The van der Waals surface area contributed by atoms with Crippen LogP contribution >= 0.6 is 0 Å². The second-order valence-electron chi connectivity index (χ2n) is 5.13. The van der Waals surface area contributed by atoms with E-state index in [1.165, 1.54) is 12.1 Å². The highest BCUT2D eigenvalue weighted by molar-refractivity contribution is 5.82. The molecule has 1 saturated heterocycles. The van der Waals surface area contributed by atoms with Crippen molar-refractivity contribution in [3.05, 3.63) is 35.4 Å². The minimum absolute atomic E-state index is 0.0165. The van der Waals surface area contributed by atoms with Gasteiger partial charge in [-0.1, -0.05) is 12.1 Å². The number of nitrogens with one attached hydrogen (secondary N) is 1. The van der Waals surface area contributed by atoms with Crippen LogP contribution in [-0.4, -0.2) is 43.7 Å². The zero-order chi connectivity index (χ0) is 15.5. The van der Waals surface area contributed by atoms with Gasteiger partial charge in [-0.25, -0.2) is 13.6 Å². The number of halogens is 2. The van der Waals surface area contributed by atoms with Gasteiger partial charge in [-0.2, -0.15) is 0 Å². The molecular weight excluding hydrogens is 278 g/mol. The number of hydrogen-bond acceptors (Lipinski definition) is 4. The van der Waals surface area contributed by atoms with Crippen molar-refractivity contribution in [3.63, 3.8) is 0 Å². The molecule has 1 aliphatic heterocycles. The Morgan fingerprint density at radius 2 is 2.05 bits per heavy atom. The zero-order valence-electron chi connectivity index (χ0n) is 12.3. The van der Waals surface area contributed by atoms with E-state index < -0.39 is 23.1 Å². The molecule has 21 heavy (non-hydrogen) atoms. The number of piperazine rings is 1. The molecule has 1 aromatic rings. The zero-order valence-corrected chi connectivity index (χ0v) is 12.3. The Balaban J connectivity index is 2.48. The number of carbonyl (C=O) groups excluding carboxylic acids is 1. The van der Waals surface area contributed by atoms with Crippen molar-refractivity contribution < 1.29 is 18.3 Å². The molecule has 1 N–H and O–H groups in total. The van der Waals surface area contributed by atoms with Crippen molar-refractivity contribution >= 4 is 5.97 Å². The second-order valence-corrected chi connectivity index (χ2v) is 5.13. The van der Waals surface area contributed by atoms with Crippen LogP contribution in [0.25, 0.3) is 0 Å². The maximum atomic E-state index is 14.2. The number of hydrogen-bond donors (Lipinski definition) is 1. The number of rotatable bonds is 4. The highest BCUT2D eigenvalue weighted by Gasteiger charge is 2.45. The molecule has 1 aliphatic rings. The minimum Gasteiger partial charge on any atom is -0.464 e. The summed E-state index contributed by atoms with van der Waals surface area (Å²) in [4.78, 5) is 14.3. The average Bonchev–Trinajstić information content (AvgIpc) is 2.50. The van der Waals surface area contributed by atoms with Gasteiger partial charge in [-0.3, -0.25) is 4.90 Å². The summed E-state index contributed by atoms with van der Waals surface area (Å²) < 4.78 is 32.9. The molecule has 0 aliphatic carbocycles. The van der Waals surface area contributed by atoms with E-state index in [4.69, 9.17) is 4.74 Å². The summed E-state index contributed by atoms with van der Waals surface area (Å²) in [5, 5.41) is 3.17. The lowest BCUT2D eigenvalue weighted by Gasteiger charge is -2.41. The first-order chi connectivity index (χ1) is 10.0. The lowest BCUT2D eigenvalue weighted by atomic mass is 9.88. The average molecular weight is 298 g/mol. The predicted octanol–water partition coefficient (Wildman–Crippen LogP) is 1.65. The Kier molecular flexibility index (Phi) is 4.90. The molecule has 6 heteroatoms. The Morgan fingerprint density at radius 1 is 1.38 bits per heavy atom. The van der Waals surface area contributed by atoms with Crippen molar-refractivity contribution in [2.75, 3.05) is 32.8 Å².